The van der Waals surface area contributed by atoms with Gasteiger partial charge in [0.15, 0.2) is 11.5 Å². The molecule has 0 aliphatic carbocycles. The van der Waals surface area contributed by atoms with Crippen LogP contribution in [0.4, 0.5) is 0 Å². The summed E-state index contributed by atoms with van der Waals surface area (Å²) in [6.07, 6.45) is 4.06. The molecule has 0 bridgehead atoms. The average Bonchev–Trinajstić information content (AvgIpc) is 3.43. The number of ether oxygens (including phenoxy) is 3. The van der Waals surface area contributed by atoms with Gasteiger partial charge in [0.1, 0.15) is 0 Å². The van der Waals surface area contributed by atoms with Crippen LogP contribution < -0.4 is 9.47 Å². The number of methoxy groups -OCH3 is 3. The molecule has 1 heterocycles. The summed E-state index contributed by atoms with van der Waals surface area (Å²) in [4.78, 5) is 18.8. The average molecular weight is 592 g/mol. The normalized spacial score (nSPS) is 11.8. The lowest BCUT2D eigenvalue weighted by atomic mass is 10.1. The number of hydrogen-bond acceptors (Lipinski definition) is 6. The molecular weight excluding hydrogens is 554 g/mol. The van der Waals surface area contributed by atoms with Crippen molar-refractivity contribution in [2.24, 2.45) is 0 Å². The third-order valence-electron chi connectivity index (χ3n) is 6.95. The molecule has 0 fully saturated rings. The highest BCUT2D eigenvalue weighted by molar-refractivity contribution is 7.92. The van der Waals surface area contributed by atoms with Gasteiger partial charge < -0.3 is 24.1 Å². The largest absolute Gasteiger partial charge is 0.493 e. The summed E-state index contributed by atoms with van der Waals surface area (Å²) in [5.41, 5.74) is 3.67. The fourth-order valence-corrected chi connectivity index (χ4v) is 5.76. The van der Waals surface area contributed by atoms with Crippen LogP contribution in [0.2, 0.25) is 0 Å². The SMILES string of the molecule is COCCN(CC(=O)N(CCc1c[nH]c2ccccc12)Cc1ccc(OC)c(OC)c1)S(=O)(=O)/C=C/c1ccccc1. The lowest BCUT2D eigenvalue weighted by Crippen LogP contribution is -2.43. The van der Waals surface area contributed by atoms with Gasteiger partial charge in [0.2, 0.25) is 15.9 Å². The molecular formula is C32H37N3O6S. The summed E-state index contributed by atoms with van der Waals surface area (Å²) in [5, 5.41) is 2.22. The molecule has 0 aliphatic rings. The molecule has 0 unspecified atom stereocenters. The van der Waals surface area contributed by atoms with Crippen LogP contribution in [0.1, 0.15) is 16.7 Å². The predicted octanol–water partition coefficient (Wildman–Crippen LogP) is 4.71. The molecule has 3 aromatic carbocycles. The topological polar surface area (TPSA) is 101 Å². The third-order valence-corrected chi connectivity index (χ3v) is 8.46. The van der Waals surface area contributed by atoms with E-state index in [4.69, 9.17) is 14.2 Å². The summed E-state index contributed by atoms with van der Waals surface area (Å²) in [5.74, 6) is 0.812. The summed E-state index contributed by atoms with van der Waals surface area (Å²) in [7, 11) is 0.704. The van der Waals surface area contributed by atoms with Crippen LogP contribution in [-0.2, 0) is 32.5 Å². The fraction of sp³-hybridized carbons (Fsp3) is 0.281. The van der Waals surface area contributed by atoms with Crippen molar-refractivity contribution in [1.29, 1.82) is 0 Å². The number of hydrogen-bond donors (Lipinski definition) is 1. The van der Waals surface area contributed by atoms with Gasteiger partial charge in [0, 0.05) is 49.3 Å². The predicted molar refractivity (Wildman–Crippen MR) is 165 cm³/mol. The van der Waals surface area contributed by atoms with Crippen molar-refractivity contribution in [3.8, 4) is 11.5 Å². The molecule has 0 atom stereocenters. The maximum absolute atomic E-state index is 13.8. The Labute approximate surface area is 247 Å². The molecule has 1 aromatic heterocycles. The zero-order valence-corrected chi connectivity index (χ0v) is 25.0. The second kappa shape index (κ2) is 14.7. The van der Waals surface area contributed by atoms with Gasteiger partial charge in [-0.1, -0.05) is 54.6 Å². The molecule has 0 spiro atoms. The lowest BCUT2D eigenvalue weighted by molar-refractivity contribution is -0.132. The molecule has 4 rings (SSSR count). The zero-order chi connectivity index (χ0) is 30.0. The number of rotatable bonds is 15. The Balaban J connectivity index is 1.58. The van der Waals surface area contributed by atoms with Gasteiger partial charge in [-0.3, -0.25) is 4.79 Å². The second-order valence-electron chi connectivity index (χ2n) is 9.70. The smallest absolute Gasteiger partial charge is 0.238 e. The van der Waals surface area contributed by atoms with E-state index in [0.717, 1.165) is 37.3 Å². The van der Waals surface area contributed by atoms with E-state index >= 15 is 0 Å². The minimum atomic E-state index is -3.92. The number of fused-ring (bicyclic) bond motifs is 1. The van der Waals surface area contributed by atoms with Crippen LogP contribution in [0.25, 0.3) is 17.0 Å². The van der Waals surface area contributed by atoms with Crippen molar-refractivity contribution in [2.45, 2.75) is 13.0 Å². The summed E-state index contributed by atoms with van der Waals surface area (Å²) in [6, 6.07) is 22.6. The van der Waals surface area contributed by atoms with E-state index in [9.17, 15) is 13.2 Å². The van der Waals surface area contributed by atoms with Gasteiger partial charge in [-0.05, 0) is 47.4 Å². The number of aromatic nitrogens is 1. The molecule has 222 valence electrons. The molecule has 1 N–H and O–H groups in total. The van der Waals surface area contributed by atoms with Gasteiger partial charge >= 0.3 is 0 Å². The van der Waals surface area contributed by atoms with Crippen molar-refractivity contribution >= 4 is 32.9 Å². The minimum Gasteiger partial charge on any atom is -0.493 e. The monoisotopic (exact) mass is 591 g/mol. The van der Waals surface area contributed by atoms with Gasteiger partial charge in [0.05, 0.1) is 27.4 Å². The molecule has 10 heteroatoms. The van der Waals surface area contributed by atoms with Crippen molar-refractivity contribution in [3.05, 3.63) is 101 Å². The maximum atomic E-state index is 13.8. The van der Waals surface area contributed by atoms with Crippen LogP contribution >= 0.6 is 0 Å². The quantitative estimate of drug-likeness (QED) is 0.215. The zero-order valence-electron chi connectivity index (χ0n) is 24.2. The van der Waals surface area contributed by atoms with E-state index in [2.05, 4.69) is 4.98 Å². The molecule has 0 saturated heterocycles. The van der Waals surface area contributed by atoms with Gasteiger partial charge in [0.25, 0.3) is 0 Å². The first-order chi connectivity index (χ1) is 20.3. The molecule has 42 heavy (non-hydrogen) atoms. The van der Waals surface area contributed by atoms with E-state index in [0.29, 0.717) is 24.5 Å². The fourth-order valence-electron chi connectivity index (χ4n) is 4.64. The summed E-state index contributed by atoms with van der Waals surface area (Å²) >= 11 is 0. The first-order valence-electron chi connectivity index (χ1n) is 13.6. The van der Waals surface area contributed by atoms with E-state index in [1.54, 1.807) is 25.2 Å². The molecule has 0 aliphatic heterocycles. The van der Waals surface area contributed by atoms with Gasteiger partial charge in [-0.15, -0.1) is 0 Å². The Morgan fingerprint density at radius 2 is 1.64 bits per heavy atom. The van der Waals surface area contributed by atoms with Crippen molar-refractivity contribution in [2.75, 3.05) is 47.6 Å². The molecule has 1 amide bonds. The van der Waals surface area contributed by atoms with E-state index in [1.807, 2.05) is 72.9 Å². The summed E-state index contributed by atoms with van der Waals surface area (Å²) in [6.45, 7) is 0.506. The van der Waals surface area contributed by atoms with Crippen LogP contribution in [-0.4, -0.2) is 76.1 Å². The van der Waals surface area contributed by atoms with E-state index < -0.39 is 10.0 Å². The number of amides is 1. The molecule has 4 aromatic rings. The first-order valence-corrected chi connectivity index (χ1v) is 15.1. The highest BCUT2D eigenvalue weighted by atomic mass is 32.2. The number of sulfonamides is 1. The second-order valence-corrected chi connectivity index (χ2v) is 11.5. The highest BCUT2D eigenvalue weighted by Gasteiger charge is 2.25. The van der Waals surface area contributed by atoms with E-state index in [1.165, 1.54) is 13.2 Å². The number of aromatic amines is 1. The Hall–Kier alpha value is -4.12. The first kappa shape index (κ1) is 30.8. The number of benzene rings is 3. The number of nitrogens with one attached hydrogen (secondary N) is 1. The molecule has 9 nitrogen and oxygen atoms in total. The minimum absolute atomic E-state index is 0.0380. The van der Waals surface area contributed by atoms with E-state index in [-0.39, 0.29) is 32.1 Å². The summed E-state index contributed by atoms with van der Waals surface area (Å²) < 4.78 is 43.9. The Kier molecular flexibility index (Phi) is 10.8. The van der Waals surface area contributed by atoms with Crippen LogP contribution in [0.15, 0.2) is 84.4 Å². The number of nitrogens with zero attached hydrogens (tertiary/aromatic N) is 2. The van der Waals surface area contributed by atoms with Gasteiger partial charge in [-0.2, -0.15) is 4.31 Å². The number of carbonyl (C=O) groups excluding carboxylic acids is 1. The third kappa shape index (κ3) is 8.00. The Morgan fingerprint density at radius 1 is 0.905 bits per heavy atom. The number of carbonyl (C=O) groups is 1. The number of H-pyrrole nitrogens is 1. The van der Waals surface area contributed by atoms with Crippen molar-refractivity contribution in [3.63, 3.8) is 0 Å². The maximum Gasteiger partial charge on any atom is 0.238 e. The Morgan fingerprint density at radius 3 is 2.38 bits per heavy atom. The van der Waals surface area contributed by atoms with Crippen LogP contribution in [0.5, 0.6) is 11.5 Å². The van der Waals surface area contributed by atoms with Crippen molar-refractivity contribution < 1.29 is 27.4 Å². The Bertz CT molecular complexity index is 1600. The molecule has 0 saturated carbocycles. The van der Waals surface area contributed by atoms with Crippen molar-refractivity contribution in [1.82, 2.24) is 14.2 Å². The van der Waals surface area contributed by atoms with Gasteiger partial charge in [-0.25, -0.2) is 8.42 Å². The standard InChI is InChI=1S/C32H37N3O6S/c1-39-19-18-35(42(37,38)20-16-25-9-5-4-6-10-25)24-32(36)34(23-26-13-14-30(40-2)31(21-26)41-3)17-15-27-22-33-29-12-8-7-11-28(27)29/h4-14,16,20-22,33H,15,17-19,23-24H2,1-3H3/b20-16+. The highest BCUT2D eigenvalue weighted by Crippen LogP contribution is 2.28. The molecule has 0 radical (unpaired) electrons. The van der Waals surface area contributed by atoms with Crippen LogP contribution in [0.3, 0.4) is 0 Å². The van der Waals surface area contributed by atoms with Crippen LogP contribution in [0, 0.1) is 0 Å². The number of para-hydroxylation sites is 1. The lowest BCUT2D eigenvalue weighted by Gasteiger charge is -2.27.